The topological polar surface area (TPSA) is 75.6 Å². The van der Waals surface area contributed by atoms with Crippen LogP contribution >= 0.6 is 11.6 Å². The normalized spacial score (nSPS) is 13.0. The zero-order chi connectivity index (χ0) is 19.8. The van der Waals surface area contributed by atoms with Gasteiger partial charge >= 0.3 is 5.97 Å². The Morgan fingerprint density at radius 1 is 1.30 bits per heavy atom. The van der Waals surface area contributed by atoms with E-state index in [-0.39, 0.29) is 24.9 Å². The number of halogens is 2. The van der Waals surface area contributed by atoms with E-state index < -0.39 is 11.9 Å². The minimum Gasteiger partial charge on any atom is -0.481 e. The molecule has 0 unspecified atom stereocenters. The molecule has 0 heterocycles. The van der Waals surface area contributed by atoms with Gasteiger partial charge in [-0.3, -0.25) is 9.59 Å². The van der Waals surface area contributed by atoms with Crippen molar-refractivity contribution in [2.45, 2.75) is 18.9 Å². The number of carboxylic acids is 1. The van der Waals surface area contributed by atoms with Crippen LogP contribution in [0.4, 0.5) is 4.39 Å². The van der Waals surface area contributed by atoms with E-state index in [1.54, 1.807) is 18.2 Å². The highest BCUT2D eigenvalue weighted by Crippen LogP contribution is 2.26. The lowest BCUT2D eigenvalue weighted by Gasteiger charge is -2.20. The lowest BCUT2D eigenvalue weighted by atomic mass is 9.94. The molecule has 0 bridgehead atoms. The van der Waals surface area contributed by atoms with Crippen molar-refractivity contribution in [3.8, 4) is 11.1 Å². The summed E-state index contributed by atoms with van der Waals surface area (Å²) in [5, 5.41) is 12.4. The Morgan fingerprint density at radius 2 is 2.00 bits per heavy atom. The number of nitrogens with one attached hydrogen (secondary N) is 1. The average Bonchev–Trinajstić information content (AvgIpc) is 2.64. The quantitative estimate of drug-likeness (QED) is 0.605. The first-order chi connectivity index (χ1) is 12.9. The van der Waals surface area contributed by atoms with Crippen molar-refractivity contribution in [2.24, 2.45) is 5.92 Å². The van der Waals surface area contributed by atoms with Gasteiger partial charge in [-0.05, 0) is 42.2 Å². The summed E-state index contributed by atoms with van der Waals surface area (Å²) in [6.07, 6.45) is 1.25. The lowest BCUT2D eigenvalue weighted by molar-refractivity contribution is -0.144. The van der Waals surface area contributed by atoms with Gasteiger partial charge in [-0.2, -0.15) is 0 Å². The van der Waals surface area contributed by atoms with Crippen LogP contribution in [-0.2, 0) is 20.7 Å². The Hall–Kier alpha value is -2.44. The molecule has 2 atom stereocenters. The Kier molecular flexibility index (Phi) is 7.76. The molecule has 0 spiro atoms. The van der Waals surface area contributed by atoms with Crippen molar-refractivity contribution in [3.63, 3.8) is 0 Å². The van der Waals surface area contributed by atoms with E-state index in [0.717, 1.165) is 5.56 Å². The van der Waals surface area contributed by atoms with Crippen molar-refractivity contribution in [1.82, 2.24) is 5.32 Å². The summed E-state index contributed by atoms with van der Waals surface area (Å²) in [5.74, 6) is -2.05. The molecule has 7 heteroatoms. The van der Waals surface area contributed by atoms with Crippen LogP contribution in [0.15, 0.2) is 42.5 Å². The van der Waals surface area contributed by atoms with E-state index in [9.17, 15) is 19.1 Å². The number of hydrogen-bond donors (Lipinski definition) is 2. The molecule has 0 aromatic heterocycles. The largest absolute Gasteiger partial charge is 0.481 e. The van der Waals surface area contributed by atoms with Crippen molar-refractivity contribution < 1.29 is 23.8 Å². The smallest absolute Gasteiger partial charge is 0.308 e. The molecule has 27 heavy (non-hydrogen) atoms. The van der Waals surface area contributed by atoms with E-state index in [1.165, 1.54) is 19.2 Å². The second-order valence-corrected chi connectivity index (χ2v) is 6.67. The third-order valence-corrected chi connectivity index (χ3v) is 4.50. The minimum absolute atomic E-state index is 0.0688. The molecule has 144 valence electrons. The third kappa shape index (κ3) is 6.05. The molecule has 2 aromatic rings. The third-order valence-electron chi connectivity index (χ3n) is 4.27. The van der Waals surface area contributed by atoms with Crippen LogP contribution in [0.2, 0.25) is 5.02 Å². The predicted octanol–water partition coefficient (Wildman–Crippen LogP) is 3.54. The molecule has 0 saturated carbocycles. The number of carboxylic acid groups (broad SMARTS) is 1. The summed E-state index contributed by atoms with van der Waals surface area (Å²) in [5.41, 5.74) is 1.98. The molecule has 2 N–H and O–H groups in total. The van der Waals surface area contributed by atoms with Gasteiger partial charge in [-0.25, -0.2) is 4.39 Å². The second kappa shape index (κ2) is 10.0. The molecular formula is C20H21ClFNO4. The monoisotopic (exact) mass is 393 g/mol. The number of methoxy groups -OCH3 is 1. The van der Waals surface area contributed by atoms with E-state index in [4.69, 9.17) is 16.3 Å². The Balaban J connectivity index is 2.13. The molecule has 2 aromatic carbocycles. The van der Waals surface area contributed by atoms with Crippen molar-refractivity contribution in [1.29, 1.82) is 0 Å². The SMILES string of the molecule is COC[C@H](C[C@@H](Cc1ccc(-c2cc(Cl)ccc2F)cc1)NC=O)C(=O)O. The van der Waals surface area contributed by atoms with E-state index in [0.29, 0.717) is 29.0 Å². The maximum atomic E-state index is 14.0. The number of ether oxygens (including phenoxy) is 1. The van der Waals surface area contributed by atoms with Crippen molar-refractivity contribution in [3.05, 3.63) is 58.9 Å². The van der Waals surface area contributed by atoms with Crippen LogP contribution < -0.4 is 5.32 Å². The zero-order valence-electron chi connectivity index (χ0n) is 14.8. The molecular weight excluding hydrogens is 373 g/mol. The maximum Gasteiger partial charge on any atom is 0.308 e. The van der Waals surface area contributed by atoms with E-state index in [1.807, 2.05) is 12.1 Å². The average molecular weight is 394 g/mol. The van der Waals surface area contributed by atoms with Gasteiger partial charge in [-0.1, -0.05) is 35.9 Å². The summed E-state index contributed by atoms with van der Waals surface area (Å²) >= 11 is 5.94. The highest BCUT2D eigenvalue weighted by atomic mass is 35.5. The first-order valence-electron chi connectivity index (χ1n) is 8.40. The molecule has 0 saturated heterocycles. The van der Waals surface area contributed by atoms with Crippen LogP contribution in [0.3, 0.4) is 0 Å². The van der Waals surface area contributed by atoms with Gasteiger partial charge in [0.05, 0.1) is 12.5 Å². The fourth-order valence-corrected chi connectivity index (χ4v) is 3.09. The Morgan fingerprint density at radius 3 is 2.59 bits per heavy atom. The fraction of sp³-hybridized carbons (Fsp3) is 0.300. The molecule has 2 rings (SSSR count). The van der Waals surface area contributed by atoms with Crippen LogP contribution in [0, 0.1) is 11.7 Å². The fourth-order valence-electron chi connectivity index (χ4n) is 2.91. The summed E-state index contributed by atoms with van der Waals surface area (Å²) in [6, 6.07) is 11.2. The number of hydrogen-bond acceptors (Lipinski definition) is 3. The standard InChI is InChI=1S/C20H21ClFNO4/c1-27-11-15(20(25)26)9-17(23-12-24)8-13-2-4-14(5-3-13)18-10-16(21)6-7-19(18)22/h2-7,10,12,15,17H,8-9,11H2,1H3,(H,23,24)(H,25,26)/t15-,17+/m0/s1. The molecule has 0 aliphatic rings. The highest BCUT2D eigenvalue weighted by molar-refractivity contribution is 6.30. The van der Waals surface area contributed by atoms with Gasteiger partial charge in [0, 0.05) is 23.7 Å². The highest BCUT2D eigenvalue weighted by Gasteiger charge is 2.22. The maximum absolute atomic E-state index is 14.0. The number of carbonyl (C=O) groups excluding carboxylic acids is 1. The minimum atomic E-state index is -0.971. The number of rotatable bonds is 10. The number of benzene rings is 2. The Bertz CT molecular complexity index is 782. The number of amides is 1. The van der Waals surface area contributed by atoms with E-state index >= 15 is 0 Å². The first kappa shape index (κ1) is 20.9. The summed E-state index contributed by atoms with van der Waals surface area (Å²) in [6.45, 7) is 0.0688. The van der Waals surface area contributed by atoms with Crippen LogP contribution in [-0.4, -0.2) is 37.2 Å². The second-order valence-electron chi connectivity index (χ2n) is 6.23. The molecule has 0 aliphatic heterocycles. The zero-order valence-corrected chi connectivity index (χ0v) is 15.6. The molecule has 0 aliphatic carbocycles. The number of carbonyl (C=O) groups is 2. The predicted molar refractivity (Wildman–Crippen MR) is 101 cm³/mol. The first-order valence-corrected chi connectivity index (χ1v) is 8.78. The number of aliphatic carboxylic acids is 1. The molecule has 0 fully saturated rings. The summed E-state index contributed by atoms with van der Waals surface area (Å²) in [4.78, 5) is 22.2. The molecule has 1 amide bonds. The van der Waals surface area contributed by atoms with Gasteiger partial charge in [0.15, 0.2) is 0 Å². The molecule has 0 radical (unpaired) electrons. The lowest BCUT2D eigenvalue weighted by Crippen LogP contribution is -2.35. The summed E-state index contributed by atoms with van der Waals surface area (Å²) in [7, 11) is 1.44. The van der Waals surface area contributed by atoms with Crippen LogP contribution in [0.25, 0.3) is 11.1 Å². The van der Waals surface area contributed by atoms with Gasteiger partial charge in [0.2, 0.25) is 6.41 Å². The Labute approximate surface area is 162 Å². The molecule has 5 nitrogen and oxygen atoms in total. The van der Waals surface area contributed by atoms with Crippen LogP contribution in [0.1, 0.15) is 12.0 Å². The van der Waals surface area contributed by atoms with Crippen molar-refractivity contribution in [2.75, 3.05) is 13.7 Å². The van der Waals surface area contributed by atoms with Gasteiger partial charge in [0.1, 0.15) is 5.82 Å². The van der Waals surface area contributed by atoms with Crippen molar-refractivity contribution >= 4 is 24.0 Å². The van der Waals surface area contributed by atoms with Crippen LogP contribution in [0.5, 0.6) is 0 Å². The van der Waals surface area contributed by atoms with Gasteiger partial charge in [-0.15, -0.1) is 0 Å². The van der Waals surface area contributed by atoms with Gasteiger partial charge < -0.3 is 15.2 Å². The van der Waals surface area contributed by atoms with Gasteiger partial charge in [0.25, 0.3) is 0 Å². The summed E-state index contributed by atoms with van der Waals surface area (Å²) < 4.78 is 18.9. The van der Waals surface area contributed by atoms with E-state index in [2.05, 4.69) is 5.32 Å².